The molecule has 0 aliphatic heterocycles. The van der Waals surface area contributed by atoms with Crippen molar-refractivity contribution in [3.8, 4) is 0 Å². The lowest BCUT2D eigenvalue weighted by Gasteiger charge is -1.83. The molecule has 0 aromatic heterocycles. The molecule has 0 aromatic rings. The fourth-order valence-corrected chi connectivity index (χ4v) is 0.276. The molecule has 0 saturated carbocycles. The number of nitrogens with two attached hydrogens (primary N) is 1. The molecule has 0 rings (SSSR count). The van der Waals surface area contributed by atoms with E-state index < -0.39 is 0 Å². The van der Waals surface area contributed by atoms with Gasteiger partial charge in [-0.05, 0) is 13.6 Å². The van der Waals surface area contributed by atoms with E-state index in [9.17, 15) is 0 Å². The van der Waals surface area contributed by atoms with Gasteiger partial charge in [0.2, 0.25) is 0 Å². The average Bonchev–Trinajstić information content (AvgIpc) is 1.68. The first-order valence-corrected chi connectivity index (χ1v) is 2.21. The maximum Gasteiger partial charge on any atom is 0.141 e. The van der Waals surface area contributed by atoms with Gasteiger partial charge in [-0.1, -0.05) is 0 Å². The van der Waals surface area contributed by atoms with Crippen molar-refractivity contribution in [3.63, 3.8) is 0 Å². The molecular weight excluding hydrogens is 102 g/mol. The molecule has 0 amide bonds. The SMILES string of the molecule is C=N/C=C(/N)N=CC. The Balaban J connectivity index is 3.79. The minimum Gasteiger partial charge on any atom is -0.382 e. The zero-order valence-electron chi connectivity index (χ0n) is 4.83. The summed E-state index contributed by atoms with van der Waals surface area (Å²) in [6.45, 7) is 4.98. The van der Waals surface area contributed by atoms with Gasteiger partial charge >= 0.3 is 0 Å². The standard InChI is InChI=1S/C5H9N3/c1-3-8-5(6)4-7-2/h3-4H,2,6H2,1H3/b5-4-,8-3?. The van der Waals surface area contributed by atoms with Crippen molar-refractivity contribution >= 4 is 12.9 Å². The summed E-state index contributed by atoms with van der Waals surface area (Å²) in [5.41, 5.74) is 5.22. The Bertz CT molecular complexity index is 124. The normalized spacial score (nSPS) is 12.4. The highest BCUT2D eigenvalue weighted by molar-refractivity contribution is 5.55. The number of hydrogen-bond acceptors (Lipinski definition) is 3. The molecule has 0 heterocycles. The van der Waals surface area contributed by atoms with Crippen molar-refractivity contribution in [1.82, 2.24) is 0 Å². The molecule has 0 radical (unpaired) electrons. The highest BCUT2D eigenvalue weighted by Gasteiger charge is 1.73. The molecule has 3 heteroatoms. The van der Waals surface area contributed by atoms with Crippen molar-refractivity contribution < 1.29 is 0 Å². The van der Waals surface area contributed by atoms with Gasteiger partial charge < -0.3 is 5.73 Å². The predicted molar refractivity (Wildman–Crippen MR) is 36.0 cm³/mol. The van der Waals surface area contributed by atoms with Gasteiger partial charge in [-0.2, -0.15) is 0 Å². The molecule has 0 fully saturated rings. The number of nitrogens with zero attached hydrogens (tertiary/aromatic N) is 2. The third kappa shape index (κ3) is 3.08. The van der Waals surface area contributed by atoms with Crippen LogP contribution in [0.5, 0.6) is 0 Å². The van der Waals surface area contributed by atoms with E-state index in [2.05, 4.69) is 16.7 Å². The Hall–Kier alpha value is -1.12. The Morgan fingerprint density at radius 2 is 2.38 bits per heavy atom. The molecule has 0 atom stereocenters. The number of hydrogen-bond donors (Lipinski definition) is 1. The number of rotatable bonds is 2. The van der Waals surface area contributed by atoms with Crippen LogP contribution in [0.2, 0.25) is 0 Å². The Kier molecular flexibility index (Phi) is 3.48. The van der Waals surface area contributed by atoms with E-state index in [4.69, 9.17) is 5.73 Å². The lowest BCUT2D eigenvalue weighted by atomic mass is 10.7. The average molecular weight is 111 g/mol. The van der Waals surface area contributed by atoms with Crippen LogP contribution in [0, 0.1) is 0 Å². The molecule has 0 aromatic carbocycles. The van der Waals surface area contributed by atoms with Crippen molar-refractivity contribution in [2.24, 2.45) is 15.7 Å². The third-order valence-electron chi connectivity index (χ3n) is 0.502. The van der Waals surface area contributed by atoms with Crippen molar-refractivity contribution in [3.05, 3.63) is 12.0 Å². The van der Waals surface area contributed by atoms with E-state index in [0.717, 1.165) is 0 Å². The van der Waals surface area contributed by atoms with E-state index in [0.29, 0.717) is 5.82 Å². The van der Waals surface area contributed by atoms with E-state index in [1.807, 2.05) is 0 Å². The van der Waals surface area contributed by atoms with Crippen LogP contribution in [0.4, 0.5) is 0 Å². The fourth-order valence-electron chi connectivity index (χ4n) is 0.276. The van der Waals surface area contributed by atoms with Crippen LogP contribution < -0.4 is 5.73 Å². The molecular formula is C5H9N3. The van der Waals surface area contributed by atoms with E-state index in [-0.39, 0.29) is 0 Å². The molecule has 8 heavy (non-hydrogen) atoms. The van der Waals surface area contributed by atoms with Gasteiger partial charge in [0.05, 0.1) is 6.20 Å². The van der Waals surface area contributed by atoms with Crippen molar-refractivity contribution in [1.29, 1.82) is 0 Å². The van der Waals surface area contributed by atoms with E-state index in [1.165, 1.54) is 6.20 Å². The molecule has 0 bridgehead atoms. The van der Waals surface area contributed by atoms with Gasteiger partial charge in [-0.25, -0.2) is 4.99 Å². The lowest BCUT2D eigenvalue weighted by Crippen LogP contribution is -1.91. The van der Waals surface area contributed by atoms with Crippen molar-refractivity contribution in [2.75, 3.05) is 0 Å². The predicted octanol–water partition coefficient (Wildman–Crippen LogP) is 0.535. The molecule has 3 nitrogen and oxygen atoms in total. The summed E-state index contributed by atoms with van der Waals surface area (Å²) in [5, 5.41) is 0. The van der Waals surface area contributed by atoms with Crippen LogP contribution in [0.15, 0.2) is 22.0 Å². The molecule has 0 spiro atoms. The molecule has 0 aliphatic rings. The summed E-state index contributed by atoms with van der Waals surface area (Å²) in [7, 11) is 0. The highest BCUT2D eigenvalue weighted by Crippen LogP contribution is 1.82. The summed E-state index contributed by atoms with van der Waals surface area (Å²) >= 11 is 0. The molecule has 2 N–H and O–H groups in total. The van der Waals surface area contributed by atoms with Gasteiger partial charge in [-0.3, -0.25) is 4.99 Å². The molecule has 44 valence electrons. The lowest BCUT2D eigenvalue weighted by molar-refractivity contribution is 1.22. The second-order valence-electron chi connectivity index (χ2n) is 1.12. The molecule has 0 aliphatic carbocycles. The van der Waals surface area contributed by atoms with Crippen molar-refractivity contribution in [2.45, 2.75) is 6.92 Å². The zero-order chi connectivity index (χ0) is 6.41. The second-order valence-corrected chi connectivity index (χ2v) is 1.12. The van der Waals surface area contributed by atoms with Crippen LogP contribution in [0.25, 0.3) is 0 Å². The smallest absolute Gasteiger partial charge is 0.141 e. The van der Waals surface area contributed by atoms with Crippen LogP contribution in [-0.2, 0) is 0 Å². The summed E-state index contributed by atoms with van der Waals surface area (Å²) in [6.07, 6.45) is 2.98. The summed E-state index contributed by atoms with van der Waals surface area (Å²) < 4.78 is 0. The first kappa shape index (κ1) is 6.88. The number of aliphatic imine (C=N–C) groups is 2. The second kappa shape index (κ2) is 4.05. The Morgan fingerprint density at radius 1 is 1.75 bits per heavy atom. The van der Waals surface area contributed by atoms with Crippen LogP contribution in [0.1, 0.15) is 6.92 Å². The zero-order valence-corrected chi connectivity index (χ0v) is 4.83. The van der Waals surface area contributed by atoms with Gasteiger partial charge in [0, 0.05) is 6.21 Å². The minimum atomic E-state index is 0.377. The highest BCUT2D eigenvalue weighted by atomic mass is 14.9. The van der Waals surface area contributed by atoms with Gasteiger partial charge in [-0.15, -0.1) is 0 Å². The van der Waals surface area contributed by atoms with Gasteiger partial charge in [0.15, 0.2) is 0 Å². The maximum atomic E-state index is 5.22. The largest absolute Gasteiger partial charge is 0.382 e. The molecule has 0 saturated heterocycles. The van der Waals surface area contributed by atoms with Crippen LogP contribution >= 0.6 is 0 Å². The first-order chi connectivity index (χ1) is 3.81. The monoisotopic (exact) mass is 111 g/mol. The van der Waals surface area contributed by atoms with Crippen LogP contribution in [0.3, 0.4) is 0 Å². The van der Waals surface area contributed by atoms with Gasteiger partial charge in [0.25, 0.3) is 0 Å². The van der Waals surface area contributed by atoms with Crippen LogP contribution in [-0.4, -0.2) is 12.9 Å². The minimum absolute atomic E-state index is 0.377. The molecule has 0 unspecified atom stereocenters. The Labute approximate surface area is 48.6 Å². The summed E-state index contributed by atoms with van der Waals surface area (Å²) in [4.78, 5) is 7.10. The van der Waals surface area contributed by atoms with Gasteiger partial charge in [0.1, 0.15) is 5.82 Å². The fraction of sp³-hybridized carbons (Fsp3) is 0.200. The van der Waals surface area contributed by atoms with E-state index >= 15 is 0 Å². The third-order valence-corrected chi connectivity index (χ3v) is 0.502. The quantitative estimate of drug-likeness (QED) is 0.519. The Morgan fingerprint density at radius 3 is 2.75 bits per heavy atom. The maximum absolute atomic E-state index is 5.22. The summed E-state index contributed by atoms with van der Waals surface area (Å²) in [5.74, 6) is 0.377. The van der Waals surface area contributed by atoms with E-state index in [1.54, 1.807) is 13.1 Å². The topological polar surface area (TPSA) is 50.7 Å². The summed E-state index contributed by atoms with van der Waals surface area (Å²) in [6, 6.07) is 0. The first-order valence-electron chi connectivity index (χ1n) is 2.21.